The number of aliphatic hydroxyl groups excluding tert-OH is 1. The third-order valence-electron chi connectivity index (χ3n) is 1.92. The Hall–Kier alpha value is -1.63. The average Bonchev–Trinajstić information content (AvgIpc) is 2.24. The van der Waals surface area contributed by atoms with Gasteiger partial charge in [-0.15, -0.1) is 10.2 Å². The van der Waals surface area contributed by atoms with Crippen molar-refractivity contribution in [2.24, 2.45) is 10.2 Å². The minimum Gasteiger partial charge on any atom is -0.510 e. The Morgan fingerprint density at radius 3 is 2.39 bits per heavy atom. The van der Waals surface area contributed by atoms with E-state index < -0.39 is 17.4 Å². The maximum Gasteiger partial charge on any atom is 0.183 e. The second-order valence-corrected chi connectivity index (χ2v) is 4.26. The zero-order valence-corrected chi connectivity index (χ0v) is 11.1. The summed E-state index contributed by atoms with van der Waals surface area (Å²) in [6, 6.07) is 1.72. The highest BCUT2D eigenvalue weighted by Gasteiger charge is 2.10. The van der Waals surface area contributed by atoms with Crippen LogP contribution in [0.15, 0.2) is 38.3 Å². The number of aliphatic hydroxyl groups is 1. The topological polar surface area (TPSA) is 62.0 Å². The molecular weight excluding hydrogens is 310 g/mol. The highest BCUT2D eigenvalue weighted by molar-refractivity contribution is 9.10. The Labute approximate surface area is 110 Å². The van der Waals surface area contributed by atoms with Crippen LogP contribution in [0.1, 0.15) is 13.8 Å². The number of benzene rings is 1. The Balaban J connectivity index is 3.16. The lowest BCUT2D eigenvalue weighted by Crippen LogP contribution is -1.96. The average molecular weight is 319 g/mol. The Morgan fingerprint density at radius 1 is 1.28 bits per heavy atom. The maximum absolute atomic E-state index is 13.4. The molecule has 1 rings (SSSR count). The van der Waals surface area contributed by atoms with Crippen LogP contribution in [0.2, 0.25) is 0 Å². The van der Waals surface area contributed by atoms with E-state index in [-0.39, 0.29) is 21.6 Å². The number of hydrogen-bond donors (Lipinski definition) is 1. The number of azo groups is 1. The van der Waals surface area contributed by atoms with Gasteiger partial charge < -0.3 is 5.11 Å². The van der Waals surface area contributed by atoms with Crippen LogP contribution in [-0.2, 0) is 4.79 Å². The summed E-state index contributed by atoms with van der Waals surface area (Å²) in [5, 5.41) is 16.0. The summed E-state index contributed by atoms with van der Waals surface area (Å²) in [6.07, 6.45) is 0. The van der Waals surface area contributed by atoms with E-state index in [0.717, 1.165) is 12.1 Å². The number of ketones is 1. The maximum atomic E-state index is 13.4. The molecule has 0 unspecified atom stereocenters. The highest BCUT2D eigenvalue weighted by Crippen LogP contribution is 2.26. The molecule has 0 aliphatic heterocycles. The van der Waals surface area contributed by atoms with Gasteiger partial charge in [-0.1, -0.05) is 0 Å². The summed E-state index contributed by atoms with van der Waals surface area (Å²) in [6.45, 7) is 2.42. The molecule has 0 atom stereocenters. The van der Waals surface area contributed by atoms with Gasteiger partial charge >= 0.3 is 0 Å². The molecule has 0 saturated carbocycles. The zero-order valence-electron chi connectivity index (χ0n) is 9.54. The minimum absolute atomic E-state index is 0.0420. The van der Waals surface area contributed by atoms with Gasteiger partial charge in [0.05, 0.1) is 4.47 Å². The van der Waals surface area contributed by atoms with Crippen molar-refractivity contribution in [3.05, 3.63) is 39.7 Å². The summed E-state index contributed by atoms with van der Waals surface area (Å²) in [4.78, 5) is 11.1. The molecule has 96 valence electrons. The molecule has 0 radical (unpaired) electrons. The molecule has 4 nitrogen and oxygen atoms in total. The first-order valence-corrected chi connectivity index (χ1v) is 5.59. The predicted molar refractivity (Wildman–Crippen MR) is 64.6 cm³/mol. The third kappa shape index (κ3) is 3.43. The number of nitrogens with zero attached hydrogens (tertiary/aromatic N) is 2. The van der Waals surface area contributed by atoms with Gasteiger partial charge in [0.1, 0.15) is 17.3 Å². The smallest absolute Gasteiger partial charge is 0.183 e. The third-order valence-corrected chi connectivity index (χ3v) is 2.53. The number of hydrogen-bond acceptors (Lipinski definition) is 4. The Kier molecular flexibility index (Phi) is 4.66. The van der Waals surface area contributed by atoms with Crippen LogP contribution in [-0.4, -0.2) is 10.9 Å². The summed E-state index contributed by atoms with van der Waals surface area (Å²) >= 11 is 2.82. The van der Waals surface area contributed by atoms with Gasteiger partial charge in [-0.2, -0.15) is 0 Å². The fourth-order valence-electron chi connectivity index (χ4n) is 1.09. The van der Waals surface area contributed by atoms with E-state index in [0.29, 0.717) is 0 Å². The summed E-state index contributed by atoms with van der Waals surface area (Å²) < 4.78 is 26.5. The number of Topliss-reactive ketones (excluding diaryl/α,β-unsaturated/α-hetero) is 1. The first-order valence-electron chi connectivity index (χ1n) is 4.80. The van der Waals surface area contributed by atoms with Crippen molar-refractivity contribution in [1.82, 2.24) is 0 Å². The molecule has 0 spiro atoms. The fourth-order valence-corrected chi connectivity index (χ4v) is 1.41. The molecule has 1 N–H and O–H groups in total. The van der Waals surface area contributed by atoms with Crippen LogP contribution < -0.4 is 0 Å². The molecule has 18 heavy (non-hydrogen) atoms. The van der Waals surface area contributed by atoms with E-state index in [2.05, 4.69) is 26.2 Å². The molecule has 7 heteroatoms. The van der Waals surface area contributed by atoms with Crippen LogP contribution in [0.3, 0.4) is 0 Å². The lowest BCUT2D eigenvalue weighted by atomic mass is 10.3. The van der Waals surface area contributed by atoms with Gasteiger partial charge in [0.25, 0.3) is 0 Å². The molecule has 0 bridgehead atoms. The van der Waals surface area contributed by atoms with E-state index in [9.17, 15) is 13.6 Å². The fraction of sp³-hybridized carbons (Fsp3) is 0.182. The molecular formula is C11H9BrF2N2O2. The highest BCUT2D eigenvalue weighted by atomic mass is 79.9. The molecule has 1 aromatic rings. The summed E-state index contributed by atoms with van der Waals surface area (Å²) in [5.41, 5.74) is -0.673. The molecule has 0 fully saturated rings. The number of rotatable bonds is 3. The standard InChI is InChI=1S/C11H9BrF2N2O2/c1-5(17)11(6(2)18)16-15-10-4-8(13)7(12)3-9(10)14/h3-4,17H,1-2H3/b11-5-,16-15?. The van der Waals surface area contributed by atoms with Crippen molar-refractivity contribution in [3.8, 4) is 0 Å². The SMILES string of the molecule is CC(=O)/C(N=Nc1cc(F)c(Br)cc1F)=C(\C)O. The van der Waals surface area contributed by atoms with E-state index in [1.807, 2.05) is 0 Å². The van der Waals surface area contributed by atoms with Crippen LogP contribution in [0, 0.1) is 11.6 Å². The Bertz CT molecular complexity index is 552. The van der Waals surface area contributed by atoms with Gasteiger partial charge in [-0.25, -0.2) is 8.78 Å². The zero-order chi connectivity index (χ0) is 13.9. The van der Waals surface area contributed by atoms with Crippen LogP contribution in [0.5, 0.6) is 0 Å². The molecule has 0 amide bonds. The van der Waals surface area contributed by atoms with Crippen LogP contribution in [0.4, 0.5) is 14.5 Å². The molecule has 0 heterocycles. The minimum atomic E-state index is -0.800. The van der Waals surface area contributed by atoms with Gasteiger partial charge in [0.2, 0.25) is 0 Å². The van der Waals surface area contributed by atoms with Crippen molar-refractivity contribution in [2.75, 3.05) is 0 Å². The molecule has 0 aliphatic carbocycles. The largest absolute Gasteiger partial charge is 0.510 e. The van der Waals surface area contributed by atoms with E-state index in [1.165, 1.54) is 13.8 Å². The predicted octanol–water partition coefficient (Wildman–Crippen LogP) is 4.19. The van der Waals surface area contributed by atoms with E-state index in [4.69, 9.17) is 5.11 Å². The normalized spacial score (nSPS) is 12.7. The summed E-state index contributed by atoms with van der Waals surface area (Å²) in [5.74, 6) is -2.38. The van der Waals surface area contributed by atoms with Gasteiger partial charge in [-0.3, -0.25) is 4.79 Å². The van der Waals surface area contributed by atoms with Crippen molar-refractivity contribution < 1.29 is 18.7 Å². The lowest BCUT2D eigenvalue weighted by molar-refractivity contribution is -0.113. The van der Waals surface area contributed by atoms with Crippen LogP contribution in [0.25, 0.3) is 0 Å². The van der Waals surface area contributed by atoms with Gasteiger partial charge in [0.15, 0.2) is 17.3 Å². The number of halogens is 3. The van der Waals surface area contributed by atoms with Crippen molar-refractivity contribution in [3.63, 3.8) is 0 Å². The van der Waals surface area contributed by atoms with Crippen LogP contribution >= 0.6 is 15.9 Å². The number of carbonyl (C=O) groups is 1. The monoisotopic (exact) mass is 318 g/mol. The first kappa shape index (κ1) is 14.4. The second kappa shape index (κ2) is 5.81. The lowest BCUT2D eigenvalue weighted by Gasteiger charge is -2.00. The van der Waals surface area contributed by atoms with Gasteiger partial charge in [-0.05, 0) is 28.9 Å². The van der Waals surface area contributed by atoms with Gasteiger partial charge in [0, 0.05) is 13.0 Å². The number of carbonyl (C=O) groups excluding carboxylic acids is 1. The first-order chi connectivity index (χ1) is 8.32. The molecule has 0 aromatic heterocycles. The van der Waals surface area contributed by atoms with Crippen molar-refractivity contribution >= 4 is 27.4 Å². The quantitative estimate of drug-likeness (QED) is 0.393. The van der Waals surface area contributed by atoms with E-state index >= 15 is 0 Å². The molecule has 0 aliphatic rings. The Morgan fingerprint density at radius 2 is 1.89 bits per heavy atom. The van der Waals surface area contributed by atoms with Crippen molar-refractivity contribution in [2.45, 2.75) is 13.8 Å². The second-order valence-electron chi connectivity index (χ2n) is 3.41. The molecule has 0 saturated heterocycles. The summed E-state index contributed by atoms with van der Waals surface area (Å²) in [7, 11) is 0. The van der Waals surface area contributed by atoms with Crippen molar-refractivity contribution in [1.29, 1.82) is 0 Å². The van der Waals surface area contributed by atoms with E-state index in [1.54, 1.807) is 0 Å². The number of allylic oxidation sites excluding steroid dienone is 2. The molecule has 1 aromatic carbocycles.